The number of nitrogens with zero attached hydrogens (tertiary/aromatic N) is 1. The molecule has 0 saturated heterocycles. The summed E-state index contributed by atoms with van der Waals surface area (Å²) in [6.07, 6.45) is 1.14. The zero-order valence-electron chi connectivity index (χ0n) is 15.2. The Kier molecular flexibility index (Phi) is 7.14. The minimum Gasteiger partial charge on any atom is -0.494 e. The van der Waals surface area contributed by atoms with E-state index in [0.29, 0.717) is 19.1 Å². The molecule has 0 spiro atoms. The minimum absolute atomic E-state index is 0.155. The van der Waals surface area contributed by atoms with Crippen LogP contribution in [-0.4, -0.2) is 18.7 Å². The lowest BCUT2D eigenvalue weighted by Crippen LogP contribution is -2.22. The van der Waals surface area contributed by atoms with Crippen LogP contribution in [0.25, 0.3) is 0 Å². The topological polar surface area (TPSA) is 68.9 Å². The number of hydrogen-bond donors (Lipinski definition) is 2. The lowest BCUT2D eigenvalue weighted by atomic mass is 10.2. The SMILES string of the molecule is CCCOc1cccc(CN=C(N)Nc2ccc(OC(C)C)cc2)c1. The van der Waals surface area contributed by atoms with E-state index >= 15 is 0 Å². The zero-order chi connectivity index (χ0) is 18.1. The van der Waals surface area contributed by atoms with E-state index in [9.17, 15) is 0 Å². The summed E-state index contributed by atoms with van der Waals surface area (Å²) >= 11 is 0. The Balaban J connectivity index is 1.91. The molecule has 0 atom stereocenters. The number of guanidine groups is 1. The van der Waals surface area contributed by atoms with Crippen LogP contribution in [0, 0.1) is 0 Å². The van der Waals surface area contributed by atoms with Gasteiger partial charge in [0.1, 0.15) is 11.5 Å². The second-order valence-corrected chi connectivity index (χ2v) is 6.01. The number of nitrogens with two attached hydrogens (primary N) is 1. The number of ether oxygens (including phenoxy) is 2. The summed E-state index contributed by atoms with van der Waals surface area (Å²) in [6, 6.07) is 15.6. The molecule has 0 amide bonds. The van der Waals surface area contributed by atoms with Crippen molar-refractivity contribution in [2.24, 2.45) is 10.7 Å². The molecule has 0 radical (unpaired) electrons. The third-order valence-corrected chi connectivity index (χ3v) is 3.30. The highest BCUT2D eigenvalue weighted by molar-refractivity contribution is 5.92. The first-order valence-corrected chi connectivity index (χ1v) is 8.62. The molecule has 0 saturated carbocycles. The van der Waals surface area contributed by atoms with E-state index in [1.54, 1.807) is 0 Å². The first-order chi connectivity index (χ1) is 12.1. The molecule has 0 heterocycles. The fourth-order valence-corrected chi connectivity index (χ4v) is 2.21. The number of hydrogen-bond acceptors (Lipinski definition) is 3. The molecule has 2 aromatic rings. The Morgan fingerprint density at radius 1 is 1.12 bits per heavy atom. The highest BCUT2D eigenvalue weighted by atomic mass is 16.5. The van der Waals surface area contributed by atoms with E-state index in [0.717, 1.165) is 29.2 Å². The first kappa shape index (κ1) is 18.6. The quantitative estimate of drug-likeness (QED) is 0.558. The van der Waals surface area contributed by atoms with E-state index < -0.39 is 0 Å². The van der Waals surface area contributed by atoms with Crippen LogP contribution in [0.3, 0.4) is 0 Å². The Morgan fingerprint density at radius 3 is 2.56 bits per heavy atom. The van der Waals surface area contributed by atoms with E-state index in [1.165, 1.54) is 0 Å². The van der Waals surface area contributed by atoms with Crippen LogP contribution in [0.5, 0.6) is 11.5 Å². The van der Waals surface area contributed by atoms with Crippen molar-refractivity contribution in [2.75, 3.05) is 11.9 Å². The average molecular weight is 341 g/mol. The maximum absolute atomic E-state index is 5.97. The third-order valence-electron chi connectivity index (χ3n) is 3.30. The van der Waals surface area contributed by atoms with Gasteiger partial charge >= 0.3 is 0 Å². The fraction of sp³-hybridized carbons (Fsp3) is 0.350. The number of rotatable bonds is 8. The van der Waals surface area contributed by atoms with Crippen molar-refractivity contribution in [3.8, 4) is 11.5 Å². The molecule has 0 aromatic heterocycles. The van der Waals surface area contributed by atoms with Crippen LogP contribution in [0.15, 0.2) is 53.5 Å². The third kappa shape index (κ3) is 6.75. The van der Waals surface area contributed by atoms with Gasteiger partial charge in [-0.25, -0.2) is 4.99 Å². The maximum atomic E-state index is 5.97. The highest BCUT2D eigenvalue weighted by Crippen LogP contribution is 2.17. The van der Waals surface area contributed by atoms with Gasteiger partial charge in [-0.15, -0.1) is 0 Å². The normalized spacial score (nSPS) is 11.4. The molecular weight excluding hydrogens is 314 g/mol. The second-order valence-electron chi connectivity index (χ2n) is 6.01. The molecule has 0 aliphatic rings. The molecule has 3 N–H and O–H groups in total. The largest absolute Gasteiger partial charge is 0.494 e. The van der Waals surface area contributed by atoms with Crippen molar-refractivity contribution in [1.82, 2.24) is 0 Å². The average Bonchev–Trinajstić information content (AvgIpc) is 2.60. The first-order valence-electron chi connectivity index (χ1n) is 8.62. The molecular formula is C20H27N3O2. The summed E-state index contributed by atoms with van der Waals surface area (Å²) in [4.78, 5) is 4.38. The van der Waals surface area contributed by atoms with Crippen LogP contribution in [0.2, 0.25) is 0 Å². The Bertz CT molecular complexity index is 682. The summed E-state index contributed by atoms with van der Waals surface area (Å²) < 4.78 is 11.2. The van der Waals surface area contributed by atoms with Gasteiger partial charge in [-0.2, -0.15) is 0 Å². The van der Waals surface area contributed by atoms with Gasteiger partial charge < -0.3 is 20.5 Å². The minimum atomic E-state index is 0.155. The van der Waals surface area contributed by atoms with Crippen molar-refractivity contribution in [1.29, 1.82) is 0 Å². The van der Waals surface area contributed by atoms with Crippen molar-refractivity contribution < 1.29 is 9.47 Å². The Labute approximate surface area is 149 Å². The predicted octanol–water partition coefficient (Wildman–Crippen LogP) is 4.19. The predicted molar refractivity (Wildman–Crippen MR) is 103 cm³/mol. The van der Waals surface area contributed by atoms with Gasteiger partial charge in [0, 0.05) is 5.69 Å². The van der Waals surface area contributed by atoms with Gasteiger partial charge in [0.2, 0.25) is 0 Å². The molecule has 25 heavy (non-hydrogen) atoms. The van der Waals surface area contributed by atoms with Crippen LogP contribution in [-0.2, 0) is 6.54 Å². The summed E-state index contributed by atoms with van der Waals surface area (Å²) in [5.41, 5.74) is 7.89. The van der Waals surface area contributed by atoms with Crippen molar-refractivity contribution in [2.45, 2.75) is 39.8 Å². The monoisotopic (exact) mass is 341 g/mol. The van der Waals surface area contributed by atoms with E-state index in [1.807, 2.05) is 62.4 Å². The van der Waals surface area contributed by atoms with Crippen molar-refractivity contribution >= 4 is 11.6 Å². The molecule has 2 rings (SSSR count). The zero-order valence-corrected chi connectivity index (χ0v) is 15.2. The molecule has 0 unspecified atom stereocenters. The van der Waals surface area contributed by atoms with Crippen LogP contribution >= 0.6 is 0 Å². The van der Waals surface area contributed by atoms with E-state index in [-0.39, 0.29) is 6.10 Å². The van der Waals surface area contributed by atoms with Gasteiger partial charge in [0.05, 0.1) is 19.3 Å². The molecule has 2 aromatic carbocycles. The number of anilines is 1. The summed E-state index contributed by atoms with van der Waals surface area (Å²) in [6.45, 7) is 7.30. The van der Waals surface area contributed by atoms with Gasteiger partial charge in [0.15, 0.2) is 5.96 Å². The number of aliphatic imine (C=N–C) groups is 1. The van der Waals surface area contributed by atoms with Gasteiger partial charge in [0.25, 0.3) is 0 Å². The smallest absolute Gasteiger partial charge is 0.193 e. The Hall–Kier alpha value is -2.69. The Morgan fingerprint density at radius 2 is 1.88 bits per heavy atom. The number of benzene rings is 2. The van der Waals surface area contributed by atoms with Gasteiger partial charge in [-0.3, -0.25) is 0 Å². The lowest BCUT2D eigenvalue weighted by molar-refractivity contribution is 0.242. The maximum Gasteiger partial charge on any atom is 0.193 e. The second kappa shape index (κ2) is 9.57. The molecule has 0 fully saturated rings. The summed E-state index contributed by atoms with van der Waals surface area (Å²) in [5, 5.41) is 3.08. The standard InChI is InChI=1S/C20H27N3O2/c1-4-12-24-19-7-5-6-16(13-19)14-22-20(21)23-17-8-10-18(11-9-17)25-15(2)3/h5-11,13,15H,4,12,14H2,1-3H3,(H3,21,22,23). The van der Waals surface area contributed by atoms with Gasteiger partial charge in [-0.05, 0) is 62.2 Å². The van der Waals surface area contributed by atoms with Gasteiger partial charge in [-0.1, -0.05) is 19.1 Å². The van der Waals surface area contributed by atoms with Crippen LogP contribution < -0.4 is 20.5 Å². The van der Waals surface area contributed by atoms with Crippen LogP contribution in [0.1, 0.15) is 32.8 Å². The van der Waals surface area contributed by atoms with Crippen LogP contribution in [0.4, 0.5) is 5.69 Å². The summed E-state index contributed by atoms with van der Waals surface area (Å²) in [7, 11) is 0. The van der Waals surface area contributed by atoms with E-state index in [2.05, 4.69) is 17.2 Å². The lowest BCUT2D eigenvalue weighted by Gasteiger charge is -2.11. The van der Waals surface area contributed by atoms with Crippen molar-refractivity contribution in [3.63, 3.8) is 0 Å². The molecule has 0 aliphatic carbocycles. The fourth-order valence-electron chi connectivity index (χ4n) is 2.21. The van der Waals surface area contributed by atoms with Crippen molar-refractivity contribution in [3.05, 3.63) is 54.1 Å². The van der Waals surface area contributed by atoms with E-state index in [4.69, 9.17) is 15.2 Å². The summed E-state index contributed by atoms with van der Waals surface area (Å²) in [5.74, 6) is 2.07. The molecule has 0 aliphatic heterocycles. The highest BCUT2D eigenvalue weighted by Gasteiger charge is 2.00. The molecule has 5 heteroatoms. The molecule has 0 bridgehead atoms. The molecule has 5 nitrogen and oxygen atoms in total. The number of nitrogens with one attached hydrogen (secondary N) is 1. The molecule has 134 valence electrons.